The Morgan fingerprint density at radius 3 is 2.90 bits per heavy atom. The van der Waals surface area contributed by atoms with Crippen LogP contribution in [0.2, 0.25) is 0 Å². The number of rotatable bonds is 7. The lowest BCUT2D eigenvalue weighted by atomic mass is 10.1. The molecule has 0 aliphatic carbocycles. The fraction of sp³-hybridized carbons (Fsp3) is 0.267. The minimum atomic E-state index is -0.302. The number of hydrogen-bond acceptors (Lipinski definition) is 5. The van der Waals surface area contributed by atoms with E-state index in [1.165, 1.54) is 6.26 Å². The number of hydrogen-bond donors (Lipinski definition) is 4. The van der Waals surface area contributed by atoms with E-state index in [1.807, 2.05) is 18.2 Å². The van der Waals surface area contributed by atoms with Gasteiger partial charge in [0, 0.05) is 24.8 Å². The van der Waals surface area contributed by atoms with Crippen molar-refractivity contribution in [2.75, 3.05) is 25.0 Å². The van der Waals surface area contributed by atoms with Crippen molar-refractivity contribution in [2.24, 2.45) is 5.73 Å². The summed E-state index contributed by atoms with van der Waals surface area (Å²) in [6, 6.07) is 10.4. The SMILES string of the molecule is NC(CNCCO)c1cccc(NC(=O)c2ccco2)c1. The number of carbonyl (C=O) groups is 1. The van der Waals surface area contributed by atoms with E-state index in [4.69, 9.17) is 15.3 Å². The van der Waals surface area contributed by atoms with Crippen molar-refractivity contribution in [2.45, 2.75) is 6.04 Å². The van der Waals surface area contributed by atoms with Crippen LogP contribution in [0.25, 0.3) is 0 Å². The molecule has 6 heteroatoms. The number of anilines is 1. The summed E-state index contributed by atoms with van der Waals surface area (Å²) in [4.78, 5) is 11.9. The Morgan fingerprint density at radius 1 is 1.33 bits per heavy atom. The molecule has 2 rings (SSSR count). The average molecular weight is 289 g/mol. The van der Waals surface area contributed by atoms with Crippen LogP contribution in [0.4, 0.5) is 5.69 Å². The maximum atomic E-state index is 11.9. The van der Waals surface area contributed by atoms with Gasteiger partial charge in [0.2, 0.25) is 0 Å². The first-order valence-corrected chi connectivity index (χ1v) is 6.72. The summed E-state index contributed by atoms with van der Waals surface area (Å²) < 4.78 is 5.04. The molecule has 0 spiro atoms. The highest BCUT2D eigenvalue weighted by Gasteiger charge is 2.10. The van der Waals surface area contributed by atoms with Crippen LogP contribution in [-0.4, -0.2) is 30.7 Å². The summed E-state index contributed by atoms with van der Waals surface area (Å²) in [5.41, 5.74) is 7.61. The van der Waals surface area contributed by atoms with Crippen LogP contribution < -0.4 is 16.4 Å². The van der Waals surface area contributed by atoms with Crippen molar-refractivity contribution in [1.29, 1.82) is 0 Å². The smallest absolute Gasteiger partial charge is 0.291 e. The zero-order valence-corrected chi connectivity index (χ0v) is 11.6. The molecule has 0 aliphatic rings. The number of aliphatic hydroxyl groups is 1. The first-order valence-electron chi connectivity index (χ1n) is 6.72. The van der Waals surface area contributed by atoms with Gasteiger partial charge in [-0.1, -0.05) is 12.1 Å². The van der Waals surface area contributed by atoms with Gasteiger partial charge >= 0.3 is 0 Å². The summed E-state index contributed by atoms with van der Waals surface area (Å²) in [6.45, 7) is 1.13. The zero-order chi connectivity index (χ0) is 15.1. The summed E-state index contributed by atoms with van der Waals surface area (Å²) in [7, 11) is 0. The molecule has 0 radical (unpaired) electrons. The lowest BCUT2D eigenvalue weighted by molar-refractivity contribution is 0.0996. The molecule has 112 valence electrons. The molecule has 21 heavy (non-hydrogen) atoms. The van der Waals surface area contributed by atoms with Gasteiger partial charge in [-0.3, -0.25) is 4.79 Å². The molecule has 1 amide bonds. The Kier molecular flexibility index (Phi) is 5.51. The third-order valence-electron chi connectivity index (χ3n) is 2.97. The molecule has 2 aromatic rings. The number of furan rings is 1. The van der Waals surface area contributed by atoms with Crippen molar-refractivity contribution in [3.63, 3.8) is 0 Å². The molecule has 0 saturated carbocycles. The van der Waals surface area contributed by atoms with E-state index in [1.54, 1.807) is 18.2 Å². The molecule has 0 aliphatic heterocycles. The van der Waals surface area contributed by atoms with Crippen molar-refractivity contribution in [1.82, 2.24) is 5.32 Å². The predicted molar refractivity (Wildman–Crippen MR) is 80.0 cm³/mol. The topological polar surface area (TPSA) is 101 Å². The van der Waals surface area contributed by atoms with Gasteiger partial charge in [0.05, 0.1) is 12.9 Å². The van der Waals surface area contributed by atoms with Crippen molar-refractivity contribution < 1.29 is 14.3 Å². The minimum Gasteiger partial charge on any atom is -0.459 e. The molecule has 1 aromatic carbocycles. The molecule has 0 bridgehead atoms. The summed E-state index contributed by atoms with van der Waals surface area (Å²) in [5.74, 6) is -0.0431. The van der Waals surface area contributed by atoms with E-state index in [-0.39, 0.29) is 24.3 Å². The summed E-state index contributed by atoms with van der Waals surface area (Å²) in [5, 5.41) is 14.5. The molecule has 1 unspecified atom stereocenters. The third-order valence-corrected chi connectivity index (χ3v) is 2.97. The Labute approximate surface area is 123 Å². The van der Waals surface area contributed by atoms with Gasteiger partial charge in [-0.15, -0.1) is 0 Å². The Balaban J connectivity index is 1.98. The summed E-state index contributed by atoms with van der Waals surface area (Å²) in [6.07, 6.45) is 1.45. The second-order valence-corrected chi connectivity index (χ2v) is 4.59. The monoisotopic (exact) mass is 289 g/mol. The van der Waals surface area contributed by atoms with Crippen molar-refractivity contribution in [3.8, 4) is 0 Å². The van der Waals surface area contributed by atoms with Crippen LogP contribution in [0.15, 0.2) is 47.1 Å². The second-order valence-electron chi connectivity index (χ2n) is 4.59. The molecule has 1 aromatic heterocycles. The van der Waals surface area contributed by atoms with Gasteiger partial charge in [0.25, 0.3) is 5.91 Å². The highest BCUT2D eigenvalue weighted by atomic mass is 16.3. The van der Waals surface area contributed by atoms with Crippen LogP contribution in [0, 0.1) is 0 Å². The highest BCUT2D eigenvalue weighted by molar-refractivity contribution is 6.02. The second kappa shape index (κ2) is 7.58. The number of amides is 1. The van der Waals surface area contributed by atoms with Crippen molar-refractivity contribution >= 4 is 11.6 Å². The van der Waals surface area contributed by atoms with E-state index in [9.17, 15) is 4.79 Å². The zero-order valence-electron chi connectivity index (χ0n) is 11.6. The minimum absolute atomic E-state index is 0.0754. The number of carbonyl (C=O) groups excluding carboxylic acids is 1. The van der Waals surface area contributed by atoms with Gasteiger partial charge in [0.1, 0.15) is 0 Å². The molecule has 1 atom stereocenters. The number of nitrogens with two attached hydrogens (primary N) is 1. The number of aliphatic hydroxyl groups excluding tert-OH is 1. The van der Waals surface area contributed by atoms with Crippen LogP contribution in [0.5, 0.6) is 0 Å². The van der Waals surface area contributed by atoms with E-state index in [0.717, 1.165) is 5.56 Å². The van der Waals surface area contributed by atoms with E-state index in [2.05, 4.69) is 10.6 Å². The molecule has 1 heterocycles. The fourth-order valence-corrected chi connectivity index (χ4v) is 1.90. The van der Waals surface area contributed by atoms with Gasteiger partial charge < -0.3 is 25.9 Å². The number of benzene rings is 1. The maximum Gasteiger partial charge on any atom is 0.291 e. The Morgan fingerprint density at radius 2 is 2.19 bits per heavy atom. The van der Waals surface area contributed by atoms with Gasteiger partial charge in [-0.2, -0.15) is 0 Å². The molecular formula is C15H19N3O3. The lowest BCUT2D eigenvalue weighted by Gasteiger charge is -2.14. The predicted octanol–water partition coefficient (Wildman–Crippen LogP) is 1.11. The van der Waals surface area contributed by atoms with E-state index >= 15 is 0 Å². The molecule has 0 fully saturated rings. The Bertz CT molecular complexity index is 569. The third kappa shape index (κ3) is 4.42. The van der Waals surface area contributed by atoms with Crippen LogP contribution in [0.3, 0.4) is 0 Å². The number of nitrogens with one attached hydrogen (secondary N) is 2. The standard InChI is InChI=1S/C15H19N3O3/c16-13(10-17-6-7-19)11-3-1-4-12(9-11)18-15(20)14-5-2-8-21-14/h1-5,8-9,13,17,19H,6-7,10,16H2,(H,18,20). The van der Waals surface area contributed by atoms with Crippen LogP contribution >= 0.6 is 0 Å². The largest absolute Gasteiger partial charge is 0.459 e. The molecule has 0 saturated heterocycles. The maximum absolute atomic E-state index is 11.9. The first kappa shape index (κ1) is 15.2. The van der Waals surface area contributed by atoms with E-state index < -0.39 is 0 Å². The van der Waals surface area contributed by atoms with E-state index in [0.29, 0.717) is 18.8 Å². The van der Waals surface area contributed by atoms with Crippen LogP contribution in [0.1, 0.15) is 22.2 Å². The van der Waals surface area contributed by atoms with Gasteiger partial charge in [-0.05, 0) is 29.8 Å². The lowest BCUT2D eigenvalue weighted by Crippen LogP contribution is -2.29. The Hall–Kier alpha value is -2.15. The molecule has 6 nitrogen and oxygen atoms in total. The van der Waals surface area contributed by atoms with Crippen molar-refractivity contribution in [3.05, 3.63) is 54.0 Å². The fourth-order valence-electron chi connectivity index (χ4n) is 1.90. The first-order chi connectivity index (χ1) is 10.2. The highest BCUT2D eigenvalue weighted by Crippen LogP contribution is 2.16. The van der Waals surface area contributed by atoms with Gasteiger partial charge in [0.15, 0.2) is 5.76 Å². The quantitative estimate of drug-likeness (QED) is 0.572. The van der Waals surface area contributed by atoms with Gasteiger partial charge in [-0.25, -0.2) is 0 Å². The average Bonchev–Trinajstić information content (AvgIpc) is 3.02. The summed E-state index contributed by atoms with van der Waals surface area (Å²) >= 11 is 0. The van der Waals surface area contributed by atoms with Crippen LogP contribution in [-0.2, 0) is 0 Å². The molecular weight excluding hydrogens is 270 g/mol. The normalized spacial score (nSPS) is 12.1. The molecule has 5 N–H and O–H groups in total.